The number of ether oxygens (including phenoxy) is 1. The molecule has 0 saturated carbocycles. The van der Waals surface area contributed by atoms with Crippen molar-refractivity contribution in [3.63, 3.8) is 0 Å². The van der Waals surface area contributed by atoms with Gasteiger partial charge in [0.25, 0.3) is 0 Å². The van der Waals surface area contributed by atoms with Crippen LogP contribution in [0, 0.1) is 0 Å². The predicted octanol–water partition coefficient (Wildman–Crippen LogP) is 3.28. The summed E-state index contributed by atoms with van der Waals surface area (Å²) in [5.74, 6) is 0.106. The van der Waals surface area contributed by atoms with Gasteiger partial charge < -0.3 is 9.84 Å². The lowest BCUT2D eigenvalue weighted by molar-refractivity contribution is -0.131. The number of esters is 1. The van der Waals surface area contributed by atoms with E-state index >= 15 is 0 Å². The molecular formula is C17H18O3. The van der Waals surface area contributed by atoms with Crippen molar-refractivity contribution in [2.24, 2.45) is 0 Å². The van der Waals surface area contributed by atoms with Crippen LogP contribution in [0.5, 0.6) is 5.75 Å². The molecule has 0 aliphatic rings. The van der Waals surface area contributed by atoms with E-state index in [0.717, 1.165) is 12.0 Å². The van der Waals surface area contributed by atoms with Crippen molar-refractivity contribution in [2.75, 3.05) is 0 Å². The van der Waals surface area contributed by atoms with Crippen LogP contribution in [0.15, 0.2) is 54.6 Å². The average molecular weight is 270 g/mol. The van der Waals surface area contributed by atoms with E-state index in [2.05, 4.69) is 0 Å². The van der Waals surface area contributed by atoms with Crippen molar-refractivity contribution in [3.8, 4) is 5.75 Å². The van der Waals surface area contributed by atoms with Gasteiger partial charge in [-0.2, -0.15) is 0 Å². The Labute approximate surface area is 118 Å². The fourth-order valence-corrected chi connectivity index (χ4v) is 2.07. The summed E-state index contributed by atoms with van der Waals surface area (Å²) in [6.07, 6.45) is 0.874. The summed E-state index contributed by atoms with van der Waals surface area (Å²) in [7, 11) is 0. The Morgan fingerprint density at radius 2 is 1.90 bits per heavy atom. The van der Waals surface area contributed by atoms with Gasteiger partial charge in [-0.05, 0) is 36.1 Å². The molecule has 104 valence electrons. The second-order valence-corrected chi connectivity index (χ2v) is 4.71. The van der Waals surface area contributed by atoms with Crippen LogP contribution >= 0.6 is 0 Å². The first-order chi connectivity index (χ1) is 9.65. The number of aliphatic hydroxyl groups is 1. The van der Waals surface area contributed by atoms with Gasteiger partial charge in [0.05, 0.1) is 6.10 Å². The van der Waals surface area contributed by atoms with Gasteiger partial charge in [0.1, 0.15) is 5.75 Å². The summed E-state index contributed by atoms with van der Waals surface area (Å²) >= 11 is 0. The summed E-state index contributed by atoms with van der Waals surface area (Å²) in [6, 6.07) is 17.1. The topological polar surface area (TPSA) is 46.5 Å². The first-order valence-corrected chi connectivity index (χ1v) is 6.65. The first-order valence-electron chi connectivity index (χ1n) is 6.65. The summed E-state index contributed by atoms with van der Waals surface area (Å²) in [4.78, 5) is 10.9. The molecule has 0 fully saturated rings. The highest BCUT2D eigenvalue weighted by molar-refractivity contribution is 5.69. The van der Waals surface area contributed by atoms with E-state index in [1.165, 1.54) is 12.5 Å². The Bertz CT molecular complexity index is 563. The molecule has 20 heavy (non-hydrogen) atoms. The minimum absolute atomic E-state index is 0.360. The number of hydrogen-bond donors (Lipinski definition) is 1. The van der Waals surface area contributed by atoms with Gasteiger partial charge in [-0.15, -0.1) is 0 Å². The zero-order chi connectivity index (χ0) is 14.4. The van der Waals surface area contributed by atoms with E-state index in [0.29, 0.717) is 12.2 Å². The lowest BCUT2D eigenvalue weighted by Crippen LogP contribution is -2.03. The third kappa shape index (κ3) is 4.21. The SMILES string of the molecule is CC(=O)Oc1cccc([C@H](O)CCc2ccccc2)c1. The first kappa shape index (κ1) is 14.3. The van der Waals surface area contributed by atoms with Gasteiger partial charge in [0, 0.05) is 6.92 Å². The number of hydrogen-bond acceptors (Lipinski definition) is 3. The predicted molar refractivity (Wildman–Crippen MR) is 77.5 cm³/mol. The molecule has 1 N–H and O–H groups in total. The highest BCUT2D eigenvalue weighted by Gasteiger charge is 2.09. The van der Waals surface area contributed by atoms with Gasteiger partial charge in [0.15, 0.2) is 0 Å². The molecule has 0 radical (unpaired) electrons. The fraction of sp³-hybridized carbons (Fsp3) is 0.235. The number of carbonyl (C=O) groups excluding carboxylic acids is 1. The lowest BCUT2D eigenvalue weighted by atomic mass is 10.0. The maximum atomic E-state index is 10.9. The molecule has 2 aromatic rings. The van der Waals surface area contributed by atoms with Crippen LogP contribution in [0.3, 0.4) is 0 Å². The second kappa shape index (κ2) is 6.87. The average Bonchev–Trinajstić information content (AvgIpc) is 2.45. The molecule has 2 rings (SSSR count). The number of rotatable bonds is 5. The minimum atomic E-state index is -0.564. The molecule has 3 heteroatoms. The molecule has 1 atom stereocenters. The van der Waals surface area contributed by atoms with E-state index in [-0.39, 0.29) is 5.97 Å². The molecule has 0 unspecified atom stereocenters. The van der Waals surface area contributed by atoms with Crippen molar-refractivity contribution >= 4 is 5.97 Å². The second-order valence-electron chi connectivity index (χ2n) is 4.71. The van der Waals surface area contributed by atoms with Crippen LogP contribution in [0.25, 0.3) is 0 Å². The Kier molecular flexibility index (Phi) is 4.91. The molecule has 3 nitrogen and oxygen atoms in total. The maximum Gasteiger partial charge on any atom is 0.308 e. The van der Waals surface area contributed by atoms with Crippen LogP contribution in [-0.2, 0) is 11.2 Å². The fourth-order valence-electron chi connectivity index (χ4n) is 2.07. The summed E-state index contributed by atoms with van der Waals surface area (Å²) in [6.45, 7) is 1.36. The van der Waals surface area contributed by atoms with Gasteiger partial charge in [0.2, 0.25) is 0 Å². The Morgan fingerprint density at radius 1 is 1.15 bits per heavy atom. The lowest BCUT2D eigenvalue weighted by Gasteiger charge is -2.12. The maximum absolute atomic E-state index is 10.9. The van der Waals surface area contributed by atoms with Crippen LogP contribution in [0.1, 0.15) is 30.6 Å². The van der Waals surface area contributed by atoms with Crippen LogP contribution in [0.4, 0.5) is 0 Å². The summed E-state index contributed by atoms with van der Waals surface area (Å²) in [5, 5.41) is 10.2. The van der Waals surface area contributed by atoms with E-state index in [4.69, 9.17) is 4.74 Å². The van der Waals surface area contributed by atoms with E-state index in [9.17, 15) is 9.90 Å². The summed E-state index contributed by atoms with van der Waals surface area (Å²) in [5.41, 5.74) is 1.96. The van der Waals surface area contributed by atoms with Crippen molar-refractivity contribution < 1.29 is 14.6 Å². The molecule has 0 bridgehead atoms. The Morgan fingerprint density at radius 3 is 2.60 bits per heavy atom. The Hall–Kier alpha value is -2.13. The third-order valence-electron chi connectivity index (χ3n) is 3.05. The van der Waals surface area contributed by atoms with Crippen molar-refractivity contribution in [1.29, 1.82) is 0 Å². The van der Waals surface area contributed by atoms with E-state index < -0.39 is 6.10 Å². The van der Waals surface area contributed by atoms with Crippen LogP contribution in [-0.4, -0.2) is 11.1 Å². The van der Waals surface area contributed by atoms with Crippen molar-refractivity contribution in [2.45, 2.75) is 25.9 Å². The molecule has 0 aliphatic heterocycles. The van der Waals surface area contributed by atoms with Gasteiger partial charge in [-0.3, -0.25) is 4.79 Å². The molecule has 0 saturated heterocycles. The van der Waals surface area contributed by atoms with Gasteiger partial charge >= 0.3 is 5.97 Å². The minimum Gasteiger partial charge on any atom is -0.427 e. The number of benzene rings is 2. The zero-order valence-electron chi connectivity index (χ0n) is 11.5. The van der Waals surface area contributed by atoms with E-state index in [1.807, 2.05) is 36.4 Å². The van der Waals surface area contributed by atoms with Crippen LogP contribution < -0.4 is 4.74 Å². The third-order valence-corrected chi connectivity index (χ3v) is 3.05. The molecule has 0 aliphatic carbocycles. The highest BCUT2D eigenvalue weighted by Crippen LogP contribution is 2.23. The molecule has 0 heterocycles. The zero-order valence-corrected chi connectivity index (χ0v) is 11.5. The molecule has 0 spiro atoms. The highest BCUT2D eigenvalue weighted by atomic mass is 16.5. The van der Waals surface area contributed by atoms with E-state index in [1.54, 1.807) is 18.2 Å². The summed E-state index contributed by atoms with van der Waals surface area (Å²) < 4.78 is 5.02. The molecular weight excluding hydrogens is 252 g/mol. The smallest absolute Gasteiger partial charge is 0.308 e. The quantitative estimate of drug-likeness (QED) is 0.670. The number of aryl methyl sites for hydroxylation is 1. The molecule has 0 amide bonds. The normalized spacial score (nSPS) is 11.9. The van der Waals surface area contributed by atoms with Gasteiger partial charge in [-0.25, -0.2) is 0 Å². The largest absolute Gasteiger partial charge is 0.427 e. The molecule has 2 aromatic carbocycles. The standard InChI is InChI=1S/C17H18O3/c1-13(18)20-16-9-5-8-15(12-16)17(19)11-10-14-6-3-2-4-7-14/h2-9,12,17,19H,10-11H2,1H3/t17-/m1/s1. The van der Waals surface area contributed by atoms with Crippen molar-refractivity contribution in [3.05, 3.63) is 65.7 Å². The molecule has 0 aromatic heterocycles. The van der Waals surface area contributed by atoms with Gasteiger partial charge in [-0.1, -0.05) is 42.5 Å². The van der Waals surface area contributed by atoms with Crippen LogP contribution in [0.2, 0.25) is 0 Å². The van der Waals surface area contributed by atoms with Crippen molar-refractivity contribution in [1.82, 2.24) is 0 Å². The number of aliphatic hydroxyl groups excluding tert-OH is 1. The Balaban J connectivity index is 1.98. The number of carbonyl (C=O) groups is 1. The monoisotopic (exact) mass is 270 g/mol.